The number of likely N-dealkylation sites (N-methyl/N-ethyl adjacent to an activating group) is 1. The summed E-state index contributed by atoms with van der Waals surface area (Å²) >= 11 is 0. The molecule has 0 radical (unpaired) electrons. The Kier molecular flexibility index (Phi) is 3.77. The highest BCUT2D eigenvalue weighted by Gasteiger charge is 2.27. The number of hydrogen-bond donors (Lipinski definition) is 1. The summed E-state index contributed by atoms with van der Waals surface area (Å²) in [5.74, 6) is -1.24. The first kappa shape index (κ1) is 15.8. The van der Waals surface area contributed by atoms with Crippen molar-refractivity contribution in [3.63, 3.8) is 0 Å². The number of rotatable bonds is 2. The molecule has 0 unspecified atom stereocenters. The Morgan fingerprint density at radius 3 is 2.40 bits per heavy atom. The van der Waals surface area contributed by atoms with E-state index in [0.717, 1.165) is 29.1 Å². The Labute approximate surface area is 144 Å². The van der Waals surface area contributed by atoms with Crippen LogP contribution in [0.2, 0.25) is 0 Å². The summed E-state index contributed by atoms with van der Waals surface area (Å²) in [5, 5.41) is 4.59. The van der Waals surface area contributed by atoms with Gasteiger partial charge in [0.2, 0.25) is 0 Å². The molecule has 0 bridgehead atoms. The fourth-order valence-corrected chi connectivity index (χ4v) is 3.30. The van der Waals surface area contributed by atoms with Crippen molar-refractivity contribution in [2.24, 2.45) is 0 Å². The molecule has 25 heavy (non-hydrogen) atoms. The zero-order chi connectivity index (χ0) is 17.6. The number of nitrogens with zero attached hydrogens (tertiary/aromatic N) is 3. The minimum atomic E-state index is -0.618. The number of nitrogens with two attached hydrogens (primary N) is 1. The van der Waals surface area contributed by atoms with Crippen LogP contribution in [0.3, 0.4) is 0 Å². The molecule has 0 spiro atoms. The first-order chi connectivity index (χ1) is 12.0. The molecule has 6 heteroatoms. The highest BCUT2D eigenvalue weighted by molar-refractivity contribution is 5.67. The van der Waals surface area contributed by atoms with Crippen molar-refractivity contribution in [1.82, 2.24) is 14.7 Å². The fourth-order valence-electron chi connectivity index (χ4n) is 3.30. The molecule has 0 amide bonds. The monoisotopic (exact) mass is 340 g/mol. The summed E-state index contributed by atoms with van der Waals surface area (Å²) in [6.45, 7) is 1.50. The minimum Gasteiger partial charge on any atom is -0.399 e. The Morgan fingerprint density at radius 2 is 1.72 bits per heavy atom. The van der Waals surface area contributed by atoms with Crippen molar-refractivity contribution in [2.45, 2.75) is 13.0 Å². The van der Waals surface area contributed by atoms with Gasteiger partial charge in [-0.25, -0.2) is 13.5 Å². The molecule has 0 saturated carbocycles. The third kappa shape index (κ3) is 2.68. The van der Waals surface area contributed by atoms with E-state index in [1.165, 1.54) is 22.9 Å². The Bertz CT molecular complexity index is 911. The second-order valence-corrected chi connectivity index (χ2v) is 6.37. The number of benzene rings is 2. The van der Waals surface area contributed by atoms with Crippen molar-refractivity contribution in [3.05, 3.63) is 65.4 Å². The second kappa shape index (κ2) is 5.97. The normalized spacial score (nSPS) is 14.5. The summed E-state index contributed by atoms with van der Waals surface area (Å²) in [6, 6.07) is 11.2. The first-order valence-electron chi connectivity index (χ1n) is 8.14. The maximum Gasteiger partial charge on any atom is 0.151 e. The summed E-state index contributed by atoms with van der Waals surface area (Å²) in [7, 11) is 2.02. The molecule has 2 heterocycles. The zero-order valence-electron chi connectivity index (χ0n) is 13.8. The topological polar surface area (TPSA) is 47.1 Å². The Balaban J connectivity index is 1.95. The van der Waals surface area contributed by atoms with E-state index >= 15 is 0 Å². The largest absolute Gasteiger partial charge is 0.399 e. The zero-order valence-corrected chi connectivity index (χ0v) is 13.8. The van der Waals surface area contributed by atoms with Crippen molar-refractivity contribution in [3.8, 4) is 16.9 Å². The molecule has 4 rings (SSSR count). The number of fused-ring (bicyclic) bond motifs is 1. The first-order valence-corrected chi connectivity index (χ1v) is 8.14. The van der Waals surface area contributed by atoms with E-state index in [-0.39, 0.29) is 5.69 Å². The van der Waals surface area contributed by atoms with E-state index in [2.05, 4.69) is 10.00 Å². The van der Waals surface area contributed by atoms with Gasteiger partial charge in [0.1, 0.15) is 5.69 Å². The number of anilines is 1. The Hall–Kier alpha value is -2.73. The number of halogens is 2. The minimum absolute atomic E-state index is 0.120. The van der Waals surface area contributed by atoms with Crippen LogP contribution in [0.1, 0.15) is 11.3 Å². The van der Waals surface area contributed by atoms with Crippen molar-refractivity contribution in [1.29, 1.82) is 0 Å². The van der Waals surface area contributed by atoms with Gasteiger partial charge >= 0.3 is 0 Å². The lowest BCUT2D eigenvalue weighted by molar-refractivity contribution is 0.310. The predicted octanol–water partition coefficient (Wildman–Crippen LogP) is 3.39. The molecule has 1 aliphatic rings. The van der Waals surface area contributed by atoms with E-state index in [0.29, 0.717) is 18.7 Å². The molecule has 1 aromatic heterocycles. The summed E-state index contributed by atoms with van der Waals surface area (Å²) in [5.41, 5.74) is 9.79. The van der Waals surface area contributed by atoms with Crippen LogP contribution in [-0.2, 0) is 13.0 Å². The number of hydrogen-bond acceptors (Lipinski definition) is 3. The lowest BCUT2D eigenvalue weighted by Gasteiger charge is -2.23. The molecule has 4 nitrogen and oxygen atoms in total. The third-order valence-corrected chi connectivity index (χ3v) is 4.58. The SMILES string of the molecule is CN1CCc2c(c(-c3ccc(N)cc3)nn2-c2c(F)cccc2F)C1. The van der Waals surface area contributed by atoms with Gasteiger partial charge in [-0.2, -0.15) is 5.10 Å². The van der Waals surface area contributed by atoms with E-state index < -0.39 is 11.6 Å². The smallest absolute Gasteiger partial charge is 0.151 e. The highest BCUT2D eigenvalue weighted by Crippen LogP contribution is 2.32. The maximum absolute atomic E-state index is 14.3. The van der Waals surface area contributed by atoms with Crippen LogP contribution in [0.4, 0.5) is 14.5 Å². The molecule has 2 aromatic carbocycles. The standard InChI is InChI=1S/C19H18F2N4/c1-24-10-9-17-14(11-24)18(12-5-7-13(22)8-6-12)23-25(17)19-15(20)3-2-4-16(19)21/h2-8H,9-11,22H2,1H3. The van der Waals surface area contributed by atoms with Gasteiger partial charge in [-0.05, 0) is 31.3 Å². The lowest BCUT2D eigenvalue weighted by atomic mass is 10.0. The molecule has 2 N–H and O–H groups in total. The van der Waals surface area contributed by atoms with Crippen molar-refractivity contribution < 1.29 is 8.78 Å². The van der Waals surface area contributed by atoms with Crippen molar-refractivity contribution >= 4 is 5.69 Å². The molecule has 0 fully saturated rings. The molecular weight excluding hydrogens is 322 g/mol. The van der Waals surface area contributed by atoms with Gasteiger partial charge < -0.3 is 10.6 Å². The van der Waals surface area contributed by atoms with Crippen LogP contribution in [0, 0.1) is 11.6 Å². The average Bonchev–Trinajstić information content (AvgIpc) is 2.94. The van der Waals surface area contributed by atoms with Gasteiger partial charge in [0.25, 0.3) is 0 Å². The van der Waals surface area contributed by atoms with Gasteiger partial charge in [0.05, 0.1) is 11.4 Å². The van der Waals surface area contributed by atoms with E-state index in [1.54, 1.807) is 12.1 Å². The van der Waals surface area contributed by atoms with Gasteiger partial charge in [0, 0.05) is 36.3 Å². The van der Waals surface area contributed by atoms with Gasteiger partial charge in [-0.1, -0.05) is 18.2 Å². The second-order valence-electron chi connectivity index (χ2n) is 6.37. The quantitative estimate of drug-likeness (QED) is 0.728. The average molecular weight is 340 g/mol. The fraction of sp³-hybridized carbons (Fsp3) is 0.211. The molecule has 3 aromatic rings. The Morgan fingerprint density at radius 1 is 1.04 bits per heavy atom. The van der Waals surface area contributed by atoms with Gasteiger partial charge in [0.15, 0.2) is 11.6 Å². The number of nitrogen functional groups attached to an aromatic ring is 1. The third-order valence-electron chi connectivity index (χ3n) is 4.58. The molecule has 0 atom stereocenters. The van der Waals surface area contributed by atoms with Gasteiger partial charge in [-0.15, -0.1) is 0 Å². The molecule has 1 aliphatic heterocycles. The molecule has 128 valence electrons. The predicted molar refractivity (Wildman–Crippen MR) is 93.4 cm³/mol. The van der Waals surface area contributed by atoms with Crippen LogP contribution >= 0.6 is 0 Å². The molecule has 0 aliphatic carbocycles. The van der Waals surface area contributed by atoms with Crippen LogP contribution in [0.15, 0.2) is 42.5 Å². The van der Waals surface area contributed by atoms with Gasteiger partial charge in [-0.3, -0.25) is 0 Å². The van der Waals surface area contributed by atoms with Crippen LogP contribution in [0.25, 0.3) is 16.9 Å². The summed E-state index contributed by atoms with van der Waals surface area (Å²) in [6.07, 6.45) is 0.682. The number of aromatic nitrogens is 2. The molecule has 0 saturated heterocycles. The van der Waals surface area contributed by atoms with Crippen molar-refractivity contribution in [2.75, 3.05) is 19.3 Å². The summed E-state index contributed by atoms with van der Waals surface area (Å²) in [4.78, 5) is 2.17. The number of para-hydroxylation sites is 1. The van der Waals surface area contributed by atoms with Crippen LogP contribution in [-0.4, -0.2) is 28.3 Å². The lowest BCUT2D eigenvalue weighted by Crippen LogP contribution is -2.27. The molecular formula is C19H18F2N4. The van der Waals surface area contributed by atoms with E-state index in [4.69, 9.17) is 5.73 Å². The van der Waals surface area contributed by atoms with E-state index in [1.807, 2.05) is 19.2 Å². The summed E-state index contributed by atoms with van der Waals surface area (Å²) < 4.78 is 30.1. The van der Waals surface area contributed by atoms with Crippen LogP contribution < -0.4 is 5.73 Å². The van der Waals surface area contributed by atoms with Crippen LogP contribution in [0.5, 0.6) is 0 Å². The van der Waals surface area contributed by atoms with E-state index in [9.17, 15) is 8.78 Å². The highest BCUT2D eigenvalue weighted by atomic mass is 19.1. The maximum atomic E-state index is 14.3.